The van der Waals surface area contributed by atoms with Crippen LogP contribution in [0.2, 0.25) is 0 Å². The molecule has 0 aliphatic heterocycles. The van der Waals surface area contributed by atoms with Gasteiger partial charge in [-0.2, -0.15) is 10.1 Å². The molecule has 0 fully saturated rings. The van der Waals surface area contributed by atoms with Crippen LogP contribution >= 0.6 is 0 Å². The molecule has 1 aromatic heterocycles. The predicted octanol–water partition coefficient (Wildman–Crippen LogP) is 3.80. The molecule has 0 atom stereocenters. The molecular formula is C26H24N6O2. The summed E-state index contributed by atoms with van der Waals surface area (Å²) >= 11 is 0. The number of anilines is 1. The second kappa shape index (κ2) is 10.8. The van der Waals surface area contributed by atoms with Gasteiger partial charge in [0.05, 0.1) is 6.21 Å². The summed E-state index contributed by atoms with van der Waals surface area (Å²) in [7, 11) is 3.95. The van der Waals surface area contributed by atoms with Gasteiger partial charge < -0.3 is 9.64 Å². The number of ether oxygens (including phenoxy) is 1. The van der Waals surface area contributed by atoms with E-state index in [1.165, 1.54) is 0 Å². The average Bonchev–Trinajstić information content (AvgIpc) is 2.88. The number of hydrogen-bond acceptors (Lipinski definition) is 7. The van der Waals surface area contributed by atoms with Gasteiger partial charge in [0.1, 0.15) is 11.4 Å². The molecule has 4 aromatic rings. The van der Waals surface area contributed by atoms with E-state index in [2.05, 4.69) is 25.7 Å². The third-order valence-electron chi connectivity index (χ3n) is 4.91. The summed E-state index contributed by atoms with van der Waals surface area (Å²) in [6, 6.07) is 27.1. The Morgan fingerprint density at radius 1 is 0.882 bits per heavy atom. The molecule has 0 bridgehead atoms. The van der Waals surface area contributed by atoms with Crippen molar-refractivity contribution in [2.75, 3.05) is 25.6 Å². The fourth-order valence-electron chi connectivity index (χ4n) is 3.16. The minimum Gasteiger partial charge on any atom is -0.452 e. The second-order valence-corrected chi connectivity index (χ2v) is 7.59. The highest BCUT2D eigenvalue weighted by atomic mass is 16.5. The molecule has 1 N–H and O–H groups in total. The van der Waals surface area contributed by atoms with E-state index in [4.69, 9.17) is 4.74 Å². The van der Waals surface area contributed by atoms with Crippen molar-refractivity contribution in [1.82, 2.24) is 20.6 Å². The van der Waals surface area contributed by atoms with E-state index >= 15 is 0 Å². The van der Waals surface area contributed by atoms with E-state index in [9.17, 15) is 4.79 Å². The molecule has 3 aromatic carbocycles. The number of carbonyl (C=O) groups is 1. The first kappa shape index (κ1) is 22.6. The van der Waals surface area contributed by atoms with Crippen molar-refractivity contribution >= 4 is 17.8 Å². The number of amides is 1. The zero-order valence-corrected chi connectivity index (χ0v) is 18.9. The van der Waals surface area contributed by atoms with Crippen LogP contribution < -0.4 is 15.1 Å². The van der Waals surface area contributed by atoms with Crippen molar-refractivity contribution in [3.8, 4) is 28.5 Å². The summed E-state index contributed by atoms with van der Waals surface area (Å²) in [6.45, 7) is -0.294. The lowest BCUT2D eigenvalue weighted by Gasteiger charge is -2.11. The molecule has 0 saturated heterocycles. The Labute approximate surface area is 198 Å². The lowest BCUT2D eigenvalue weighted by Crippen LogP contribution is -2.25. The van der Waals surface area contributed by atoms with Gasteiger partial charge in [-0.25, -0.2) is 5.43 Å². The molecule has 34 heavy (non-hydrogen) atoms. The van der Waals surface area contributed by atoms with Crippen molar-refractivity contribution < 1.29 is 9.53 Å². The first-order valence-electron chi connectivity index (χ1n) is 10.7. The van der Waals surface area contributed by atoms with Crippen molar-refractivity contribution in [2.45, 2.75) is 0 Å². The number of aromatic nitrogens is 3. The minimum atomic E-state index is -0.432. The number of benzene rings is 3. The van der Waals surface area contributed by atoms with E-state index in [1.54, 1.807) is 6.21 Å². The lowest BCUT2D eigenvalue weighted by atomic mass is 10.0. The summed E-state index contributed by atoms with van der Waals surface area (Å²) in [5.74, 6) is -0.432. The molecular weight excluding hydrogens is 428 g/mol. The number of hydrazone groups is 1. The number of carbonyl (C=O) groups excluding carboxylic acids is 1. The van der Waals surface area contributed by atoms with Gasteiger partial charge >= 0.3 is 6.01 Å². The Morgan fingerprint density at radius 2 is 1.50 bits per heavy atom. The first-order chi connectivity index (χ1) is 16.6. The molecule has 8 heteroatoms. The third-order valence-corrected chi connectivity index (χ3v) is 4.91. The molecule has 0 saturated carbocycles. The highest BCUT2D eigenvalue weighted by molar-refractivity contribution is 5.83. The van der Waals surface area contributed by atoms with Crippen molar-refractivity contribution in [2.24, 2.45) is 5.10 Å². The monoisotopic (exact) mass is 452 g/mol. The SMILES string of the molecule is CN(C)c1ccc(/C=N/NC(=O)COc2nnc(-c3ccccc3)c(-c3ccccc3)n2)cc1. The summed E-state index contributed by atoms with van der Waals surface area (Å²) in [5.41, 5.74) is 7.40. The topological polar surface area (TPSA) is 92.6 Å². The number of nitrogens with zero attached hydrogens (tertiary/aromatic N) is 5. The molecule has 4 rings (SSSR count). The summed E-state index contributed by atoms with van der Waals surface area (Å²) < 4.78 is 5.49. The van der Waals surface area contributed by atoms with Gasteiger partial charge in [0.2, 0.25) is 0 Å². The Morgan fingerprint density at radius 3 is 2.12 bits per heavy atom. The number of nitrogens with one attached hydrogen (secondary N) is 1. The van der Waals surface area contributed by atoms with E-state index in [0.29, 0.717) is 11.4 Å². The zero-order valence-electron chi connectivity index (χ0n) is 18.9. The second-order valence-electron chi connectivity index (χ2n) is 7.59. The Kier molecular flexibility index (Phi) is 7.19. The minimum absolute atomic E-state index is 0.0111. The molecule has 0 aliphatic rings. The van der Waals surface area contributed by atoms with E-state index < -0.39 is 5.91 Å². The summed E-state index contributed by atoms with van der Waals surface area (Å²) in [6.07, 6.45) is 1.57. The molecule has 170 valence electrons. The summed E-state index contributed by atoms with van der Waals surface area (Å²) in [5, 5.41) is 12.4. The van der Waals surface area contributed by atoms with Gasteiger partial charge in [0.25, 0.3) is 5.91 Å². The maximum atomic E-state index is 12.2. The van der Waals surface area contributed by atoms with Crippen molar-refractivity contribution in [1.29, 1.82) is 0 Å². The van der Waals surface area contributed by atoms with E-state index in [0.717, 1.165) is 22.4 Å². The molecule has 1 heterocycles. The smallest absolute Gasteiger partial charge is 0.336 e. The highest BCUT2D eigenvalue weighted by Crippen LogP contribution is 2.29. The quantitative estimate of drug-likeness (QED) is 0.323. The van der Waals surface area contributed by atoms with Gasteiger partial charge in [-0.15, -0.1) is 5.10 Å². The van der Waals surface area contributed by atoms with Crippen LogP contribution in [0.4, 0.5) is 5.69 Å². The molecule has 0 radical (unpaired) electrons. The van der Waals surface area contributed by atoms with Crippen molar-refractivity contribution in [3.63, 3.8) is 0 Å². The molecule has 8 nitrogen and oxygen atoms in total. The molecule has 0 unspecified atom stereocenters. The van der Waals surface area contributed by atoms with Crippen LogP contribution in [-0.2, 0) is 4.79 Å². The average molecular weight is 453 g/mol. The third kappa shape index (κ3) is 5.80. The van der Waals surface area contributed by atoms with Crippen molar-refractivity contribution in [3.05, 3.63) is 90.5 Å². The van der Waals surface area contributed by atoms with E-state index in [-0.39, 0.29) is 12.6 Å². The van der Waals surface area contributed by atoms with Gasteiger partial charge in [0.15, 0.2) is 6.61 Å². The van der Waals surface area contributed by atoms with Crippen LogP contribution in [0.1, 0.15) is 5.56 Å². The standard InChI is InChI=1S/C26H24N6O2/c1-32(2)22-15-13-19(14-16-22)17-27-29-23(33)18-34-26-28-24(20-9-5-3-6-10-20)25(30-31-26)21-11-7-4-8-12-21/h3-17H,18H2,1-2H3,(H,29,33)/b27-17+. The maximum Gasteiger partial charge on any atom is 0.336 e. The predicted molar refractivity (Wildman–Crippen MR) is 133 cm³/mol. The van der Waals surface area contributed by atoms with Crippen LogP contribution in [0, 0.1) is 0 Å². The fraction of sp³-hybridized carbons (Fsp3) is 0.115. The first-order valence-corrected chi connectivity index (χ1v) is 10.7. The summed E-state index contributed by atoms with van der Waals surface area (Å²) in [4.78, 5) is 18.7. The normalized spacial score (nSPS) is 10.8. The maximum absolute atomic E-state index is 12.2. The Bertz CT molecular complexity index is 1260. The molecule has 0 spiro atoms. The fourth-order valence-corrected chi connectivity index (χ4v) is 3.16. The largest absolute Gasteiger partial charge is 0.452 e. The Balaban J connectivity index is 1.42. The van der Waals surface area contributed by atoms with Crippen LogP contribution in [-0.4, -0.2) is 48.0 Å². The van der Waals surface area contributed by atoms with Crippen LogP contribution in [0.25, 0.3) is 22.5 Å². The zero-order chi connectivity index (χ0) is 23.8. The lowest BCUT2D eigenvalue weighted by molar-refractivity contribution is -0.123. The van der Waals surface area contributed by atoms with Gasteiger partial charge in [-0.1, -0.05) is 77.9 Å². The highest BCUT2D eigenvalue weighted by Gasteiger charge is 2.14. The van der Waals surface area contributed by atoms with Crippen LogP contribution in [0.5, 0.6) is 6.01 Å². The van der Waals surface area contributed by atoms with Crippen LogP contribution in [0.3, 0.4) is 0 Å². The van der Waals surface area contributed by atoms with Gasteiger partial charge in [-0.3, -0.25) is 4.79 Å². The number of hydrogen-bond donors (Lipinski definition) is 1. The Hall–Kier alpha value is -4.59. The molecule has 1 amide bonds. The molecule has 0 aliphatic carbocycles. The van der Waals surface area contributed by atoms with Gasteiger partial charge in [0, 0.05) is 30.9 Å². The van der Waals surface area contributed by atoms with Crippen LogP contribution in [0.15, 0.2) is 90.0 Å². The van der Waals surface area contributed by atoms with Gasteiger partial charge in [-0.05, 0) is 17.7 Å². The number of rotatable bonds is 8. The van der Waals surface area contributed by atoms with E-state index in [1.807, 2.05) is 104 Å².